The lowest BCUT2D eigenvalue weighted by molar-refractivity contribution is 0.246. The van der Waals surface area contributed by atoms with Crippen molar-refractivity contribution in [2.45, 2.75) is 12.6 Å². The third-order valence-electron chi connectivity index (χ3n) is 2.29. The molecule has 0 saturated heterocycles. The molecule has 0 spiro atoms. The molecule has 2 aromatic rings. The van der Waals surface area contributed by atoms with E-state index in [9.17, 15) is 5.11 Å². The Bertz CT molecular complexity index is 450. The van der Waals surface area contributed by atoms with Crippen LogP contribution in [0.15, 0.2) is 31.8 Å². The van der Waals surface area contributed by atoms with Crippen LogP contribution in [0.4, 0.5) is 0 Å². The minimum Gasteiger partial charge on any atom is -0.394 e. The Morgan fingerprint density at radius 1 is 1.41 bits per heavy atom. The first-order valence-electron chi connectivity index (χ1n) is 5.02. The molecule has 2 N–H and O–H groups in total. The van der Waals surface area contributed by atoms with Crippen LogP contribution in [-0.2, 0) is 6.54 Å². The van der Waals surface area contributed by atoms with Gasteiger partial charge in [-0.15, -0.1) is 22.7 Å². The van der Waals surface area contributed by atoms with Crippen LogP contribution in [0.3, 0.4) is 0 Å². The molecule has 2 nitrogen and oxygen atoms in total. The monoisotopic (exact) mass is 395 g/mol. The van der Waals surface area contributed by atoms with Crippen LogP contribution in [0.25, 0.3) is 0 Å². The SMILES string of the molecule is OCC(NCc1cccs1)c1cc(Br)c(Br)s1. The van der Waals surface area contributed by atoms with E-state index in [1.807, 2.05) is 12.1 Å². The molecule has 6 heteroatoms. The average molecular weight is 397 g/mol. The second-order valence-corrected chi connectivity index (χ2v) is 7.75. The van der Waals surface area contributed by atoms with Crippen LogP contribution >= 0.6 is 54.5 Å². The van der Waals surface area contributed by atoms with Crippen LogP contribution in [0.2, 0.25) is 0 Å². The van der Waals surface area contributed by atoms with Gasteiger partial charge in [-0.05, 0) is 49.4 Å². The average Bonchev–Trinajstić information content (AvgIpc) is 2.91. The van der Waals surface area contributed by atoms with Gasteiger partial charge in [0.05, 0.1) is 16.4 Å². The van der Waals surface area contributed by atoms with Gasteiger partial charge in [0.15, 0.2) is 0 Å². The molecule has 92 valence electrons. The summed E-state index contributed by atoms with van der Waals surface area (Å²) in [6, 6.07) is 6.15. The molecular weight excluding hydrogens is 386 g/mol. The van der Waals surface area contributed by atoms with Gasteiger partial charge in [0.1, 0.15) is 0 Å². The van der Waals surface area contributed by atoms with Crippen molar-refractivity contribution in [3.63, 3.8) is 0 Å². The molecule has 1 atom stereocenters. The van der Waals surface area contributed by atoms with E-state index in [4.69, 9.17) is 0 Å². The fourth-order valence-electron chi connectivity index (χ4n) is 1.43. The highest BCUT2D eigenvalue weighted by atomic mass is 79.9. The molecule has 1 unspecified atom stereocenters. The van der Waals surface area contributed by atoms with Gasteiger partial charge in [0.25, 0.3) is 0 Å². The van der Waals surface area contributed by atoms with Gasteiger partial charge < -0.3 is 10.4 Å². The molecule has 0 bridgehead atoms. The summed E-state index contributed by atoms with van der Waals surface area (Å²) in [5.41, 5.74) is 0. The molecule has 0 aliphatic heterocycles. The maximum absolute atomic E-state index is 9.43. The van der Waals surface area contributed by atoms with Crippen LogP contribution in [0.1, 0.15) is 15.8 Å². The first kappa shape index (κ1) is 13.7. The summed E-state index contributed by atoms with van der Waals surface area (Å²) in [4.78, 5) is 2.40. The first-order valence-corrected chi connectivity index (χ1v) is 8.30. The highest BCUT2D eigenvalue weighted by Gasteiger charge is 2.14. The fourth-order valence-corrected chi connectivity index (χ4v) is 4.24. The second-order valence-electron chi connectivity index (χ2n) is 3.47. The minimum atomic E-state index is -0.00954. The van der Waals surface area contributed by atoms with E-state index in [0.29, 0.717) is 0 Å². The molecule has 2 aromatic heterocycles. The Kier molecular flexibility index (Phi) is 5.20. The van der Waals surface area contributed by atoms with Crippen molar-refractivity contribution >= 4 is 54.5 Å². The van der Waals surface area contributed by atoms with E-state index in [1.165, 1.54) is 4.88 Å². The molecule has 2 heterocycles. The van der Waals surface area contributed by atoms with E-state index in [2.05, 4.69) is 48.6 Å². The van der Waals surface area contributed by atoms with Crippen LogP contribution in [0, 0.1) is 0 Å². The lowest BCUT2D eigenvalue weighted by Crippen LogP contribution is -2.22. The zero-order chi connectivity index (χ0) is 12.3. The Hall–Kier alpha value is 0.280. The topological polar surface area (TPSA) is 32.3 Å². The lowest BCUT2D eigenvalue weighted by Gasteiger charge is -2.13. The smallest absolute Gasteiger partial charge is 0.0843 e. The normalized spacial score (nSPS) is 12.9. The van der Waals surface area contributed by atoms with Crippen molar-refractivity contribution in [1.29, 1.82) is 0 Å². The van der Waals surface area contributed by atoms with Crippen molar-refractivity contribution in [2.24, 2.45) is 0 Å². The minimum absolute atomic E-state index is 0.00954. The molecule has 0 aromatic carbocycles. The number of hydrogen-bond acceptors (Lipinski definition) is 4. The summed E-state index contributed by atoms with van der Waals surface area (Å²) in [7, 11) is 0. The molecule has 0 radical (unpaired) electrons. The summed E-state index contributed by atoms with van der Waals surface area (Å²) in [6.07, 6.45) is 0. The van der Waals surface area contributed by atoms with Gasteiger partial charge in [-0.1, -0.05) is 6.07 Å². The van der Waals surface area contributed by atoms with E-state index in [-0.39, 0.29) is 12.6 Å². The Morgan fingerprint density at radius 2 is 2.24 bits per heavy atom. The number of halogens is 2. The van der Waals surface area contributed by atoms with Gasteiger partial charge in [-0.2, -0.15) is 0 Å². The molecule has 0 aliphatic carbocycles. The summed E-state index contributed by atoms with van der Waals surface area (Å²) in [5, 5.41) is 14.8. The maximum Gasteiger partial charge on any atom is 0.0843 e. The summed E-state index contributed by atoms with van der Waals surface area (Å²) in [6.45, 7) is 0.890. The van der Waals surface area contributed by atoms with Crippen molar-refractivity contribution in [3.05, 3.63) is 41.6 Å². The third kappa shape index (κ3) is 3.62. The fraction of sp³-hybridized carbons (Fsp3) is 0.273. The van der Waals surface area contributed by atoms with Crippen molar-refractivity contribution in [2.75, 3.05) is 6.61 Å². The van der Waals surface area contributed by atoms with E-state index in [1.54, 1.807) is 22.7 Å². The van der Waals surface area contributed by atoms with E-state index < -0.39 is 0 Å². The molecule has 0 amide bonds. The van der Waals surface area contributed by atoms with Crippen LogP contribution in [-0.4, -0.2) is 11.7 Å². The van der Waals surface area contributed by atoms with Gasteiger partial charge in [-0.3, -0.25) is 0 Å². The number of aliphatic hydroxyl groups excluding tert-OH is 1. The number of aliphatic hydroxyl groups is 1. The predicted molar refractivity (Wildman–Crippen MR) is 80.7 cm³/mol. The van der Waals surface area contributed by atoms with E-state index in [0.717, 1.165) is 19.7 Å². The standard InChI is InChI=1S/C11H11Br2NOS2/c12-8-4-10(17-11(8)13)9(6-15)14-5-7-2-1-3-16-7/h1-4,9,14-15H,5-6H2. The number of hydrogen-bond donors (Lipinski definition) is 2. The number of rotatable bonds is 5. The number of nitrogens with one attached hydrogen (secondary N) is 1. The molecule has 0 fully saturated rings. The first-order chi connectivity index (χ1) is 8.20. The Labute approximate surface area is 125 Å². The van der Waals surface area contributed by atoms with Gasteiger partial charge in [0, 0.05) is 20.8 Å². The summed E-state index contributed by atoms with van der Waals surface area (Å²) >= 11 is 10.3. The lowest BCUT2D eigenvalue weighted by atomic mass is 10.2. The van der Waals surface area contributed by atoms with Crippen LogP contribution < -0.4 is 5.32 Å². The molecule has 0 aliphatic rings. The Balaban J connectivity index is 2.01. The highest BCUT2D eigenvalue weighted by Crippen LogP contribution is 2.35. The summed E-state index contributed by atoms with van der Waals surface area (Å²) in [5.74, 6) is 0. The summed E-state index contributed by atoms with van der Waals surface area (Å²) < 4.78 is 2.10. The number of thiophene rings is 2. The zero-order valence-electron chi connectivity index (χ0n) is 8.82. The highest BCUT2D eigenvalue weighted by molar-refractivity contribution is 9.13. The second kappa shape index (κ2) is 6.45. The van der Waals surface area contributed by atoms with Crippen molar-refractivity contribution < 1.29 is 5.11 Å². The van der Waals surface area contributed by atoms with Gasteiger partial charge >= 0.3 is 0 Å². The predicted octanol–water partition coefficient (Wildman–Crippen LogP) is 4.16. The molecule has 0 saturated carbocycles. The van der Waals surface area contributed by atoms with Gasteiger partial charge in [-0.25, -0.2) is 0 Å². The van der Waals surface area contributed by atoms with E-state index >= 15 is 0 Å². The third-order valence-corrected chi connectivity index (χ3v) is 6.54. The van der Waals surface area contributed by atoms with Crippen molar-refractivity contribution in [3.8, 4) is 0 Å². The molecule has 2 rings (SSSR count). The van der Waals surface area contributed by atoms with Crippen LogP contribution in [0.5, 0.6) is 0 Å². The van der Waals surface area contributed by atoms with Gasteiger partial charge in [0.2, 0.25) is 0 Å². The van der Waals surface area contributed by atoms with Crippen molar-refractivity contribution in [1.82, 2.24) is 5.32 Å². The molecular formula is C11H11Br2NOS2. The Morgan fingerprint density at radius 3 is 2.76 bits per heavy atom. The maximum atomic E-state index is 9.43. The quantitative estimate of drug-likeness (QED) is 0.795. The zero-order valence-corrected chi connectivity index (χ0v) is 13.6. The largest absolute Gasteiger partial charge is 0.394 e. The molecule has 17 heavy (non-hydrogen) atoms.